The third-order valence-electron chi connectivity index (χ3n) is 3.93. The van der Waals surface area contributed by atoms with Crippen LogP contribution in [-0.4, -0.2) is 11.2 Å². The van der Waals surface area contributed by atoms with Crippen LogP contribution >= 0.6 is 0 Å². The Morgan fingerprint density at radius 2 is 2.00 bits per heavy atom. The summed E-state index contributed by atoms with van der Waals surface area (Å²) in [6.45, 7) is 2.24. The molecule has 2 bridgehead atoms. The van der Waals surface area contributed by atoms with Crippen LogP contribution in [0.4, 0.5) is 0 Å². The normalized spacial score (nSPS) is 45.5. The summed E-state index contributed by atoms with van der Waals surface area (Å²) in [4.78, 5) is 0. The van der Waals surface area contributed by atoms with Crippen LogP contribution < -0.4 is 0 Å². The number of aliphatic hydroxyl groups excluding tert-OH is 1. The van der Waals surface area contributed by atoms with Crippen molar-refractivity contribution in [1.29, 1.82) is 0 Å². The highest BCUT2D eigenvalue weighted by Crippen LogP contribution is 2.50. The molecule has 2 saturated carbocycles. The zero-order chi connectivity index (χ0) is 8.55. The summed E-state index contributed by atoms with van der Waals surface area (Å²) in [6, 6.07) is 0. The van der Waals surface area contributed by atoms with Gasteiger partial charge in [0.05, 0.1) is 6.10 Å². The molecule has 0 radical (unpaired) electrons. The van der Waals surface area contributed by atoms with Gasteiger partial charge < -0.3 is 5.11 Å². The number of rotatable bonds is 3. The van der Waals surface area contributed by atoms with Crippen LogP contribution in [0, 0.1) is 17.8 Å². The topological polar surface area (TPSA) is 20.2 Å². The molecule has 1 heteroatoms. The third-order valence-corrected chi connectivity index (χ3v) is 3.93. The zero-order valence-corrected chi connectivity index (χ0v) is 8.00. The van der Waals surface area contributed by atoms with Crippen LogP contribution in [0.15, 0.2) is 0 Å². The van der Waals surface area contributed by atoms with Crippen molar-refractivity contribution in [3.05, 3.63) is 0 Å². The Morgan fingerprint density at radius 3 is 2.58 bits per heavy atom. The van der Waals surface area contributed by atoms with E-state index in [1.165, 1.54) is 38.5 Å². The largest absolute Gasteiger partial charge is 0.393 e. The van der Waals surface area contributed by atoms with Gasteiger partial charge in [0, 0.05) is 0 Å². The standard InChI is InChI=1S/C11H20O/c1-2-3-4-10-8-5-6-9(7-8)11(10)12/h8-12H,2-7H2,1H3. The fourth-order valence-corrected chi connectivity index (χ4v) is 3.23. The van der Waals surface area contributed by atoms with E-state index in [0.717, 1.165) is 5.92 Å². The lowest BCUT2D eigenvalue weighted by atomic mass is 9.83. The van der Waals surface area contributed by atoms with Gasteiger partial charge in [-0.1, -0.05) is 19.8 Å². The summed E-state index contributed by atoms with van der Waals surface area (Å²) in [5.41, 5.74) is 0. The van der Waals surface area contributed by atoms with Crippen molar-refractivity contribution in [3.8, 4) is 0 Å². The van der Waals surface area contributed by atoms with Crippen molar-refractivity contribution in [3.63, 3.8) is 0 Å². The minimum absolute atomic E-state index is 0.0651. The Morgan fingerprint density at radius 1 is 1.25 bits per heavy atom. The van der Waals surface area contributed by atoms with Crippen molar-refractivity contribution in [2.75, 3.05) is 0 Å². The lowest BCUT2D eigenvalue weighted by molar-refractivity contribution is 0.0537. The lowest BCUT2D eigenvalue weighted by Gasteiger charge is -2.26. The molecule has 0 aliphatic heterocycles. The SMILES string of the molecule is CCCCC1C2CCC(C2)C1O. The van der Waals surface area contributed by atoms with E-state index in [1.54, 1.807) is 0 Å². The number of hydrogen-bond acceptors (Lipinski definition) is 1. The van der Waals surface area contributed by atoms with Crippen LogP contribution in [0.2, 0.25) is 0 Å². The van der Waals surface area contributed by atoms with Crippen molar-refractivity contribution in [1.82, 2.24) is 0 Å². The predicted octanol–water partition coefficient (Wildman–Crippen LogP) is 2.58. The average Bonchev–Trinajstić information content (AvgIpc) is 2.62. The summed E-state index contributed by atoms with van der Waals surface area (Å²) in [5, 5.41) is 9.91. The van der Waals surface area contributed by atoms with Crippen molar-refractivity contribution in [2.45, 2.75) is 51.6 Å². The maximum absolute atomic E-state index is 9.91. The van der Waals surface area contributed by atoms with Gasteiger partial charge >= 0.3 is 0 Å². The molecule has 2 aliphatic carbocycles. The first-order chi connectivity index (χ1) is 5.83. The first kappa shape index (κ1) is 8.55. The molecule has 0 aromatic rings. The minimum atomic E-state index is 0.0651. The van der Waals surface area contributed by atoms with Crippen molar-refractivity contribution in [2.24, 2.45) is 17.8 Å². The smallest absolute Gasteiger partial charge is 0.0599 e. The first-order valence-electron chi connectivity index (χ1n) is 5.51. The van der Waals surface area contributed by atoms with E-state index < -0.39 is 0 Å². The quantitative estimate of drug-likeness (QED) is 0.686. The molecule has 2 fully saturated rings. The molecule has 1 nitrogen and oxygen atoms in total. The van der Waals surface area contributed by atoms with E-state index >= 15 is 0 Å². The lowest BCUT2D eigenvalue weighted by Crippen LogP contribution is -2.27. The molecule has 70 valence electrons. The Bertz CT molecular complexity index is 153. The molecule has 0 aromatic carbocycles. The zero-order valence-electron chi connectivity index (χ0n) is 8.00. The maximum Gasteiger partial charge on any atom is 0.0599 e. The van der Waals surface area contributed by atoms with Gasteiger partial charge in [0.2, 0.25) is 0 Å². The second-order valence-corrected chi connectivity index (χ2v) is 4.63. The fourth-order valence-electron chi connectivity index (χ4n) is 3.23. The summed E-state index contributed by atoms with van der Waals surface area (Å²) in [5.74, 6) is 2.23. The van der Waals surface area contributed by atoms with Gasteiger partial charge in [-0.2, -0.15) is 0 Å². The molecule has 1 N–H and O–H groups in total. The molecule has 0 heterocycles. The Balaban J connectivity index is 1.89. The molecule has 0 saturated heterocycles. The minimum Gasteiger partial charge on any atom is -0.393 e. The van der Waals surface area contributed by atoms with Gasteiger partial charge in [0.1, 0.15) is 0 Å². The highest BCUT2D eigenvalue weighted by molar-refractivity contribution is 4.96. The Kier molecular flexibility index (Phi) is 2.40. The monoisotopic (exact) mass is 168 g/mol. The van der Waals surface area contributed by atoms with Crippen LogP contribution in [0.1, 0.15) is 45.4 Å². The second kappa shape index (κ2) is 3.37. The molecule has 0 amide bonds. The predicted molar refractivity (Wildman–Crippen MR) is 49.9 cm³/mol. The average molecular weight is 168 g/mol. The van der Waals surface area contributed by atoms with E-state index in [-0.39, 0.29) is 6.10 Å². The maximum atomic E-state index is 9.91. The number of fused-ring (bicyclic) bond motifs is 2. The fraction of sp³-hybridized carbons (Fsp3) is 1.00. The Hall–Kier alpha value is -0.0400. The molecule has 12 heavy (non-hydrogen) atoms. The van der Waals surface area contributed by atoms with E-state index in [2.05, 4.69) is 6.92 Å². The van der Waals surface area contributed by atoms with E-state index in [4.69, 9.17) is 0 Å². The van der Waals surface area contributed by atoms with Gasteiger partial charge in [-0.3, -0.25) is 0 Å². The summed E-state index contributed by atoms with van der Waals surface area (Å²) in [7, 11) is 0. The first-order valence-corrected chi connectivity index (χ1v) is 5.51. The molecule has 4 unspecified atom stereocenters. The van der Waals surface area contributed by atoms with Crippen molar-refractivity contribution >= 4 is 0 Å². The van der Waals surface area contributed by atoms with Crippen LogP contribution in [0.3, 0.4) is 0 Å². The molecule has 2 rings (SSSR count). The van der Waals surface area contributed by atoms with Crippen LogP contribution in [0.25, 0.3) is 0 Å². The molecule has 0 aromatic heterocycles. The molecular weight excluding hydrogens is 148 g/mol. The highest BCUT2D eigenvalue weighted by Gasteiger charge is 2.45. The molecule has 2 aliphatic rings. The summed E-state index contributed by atoms with van der Waals surface area (Å²) >= 11 is 0. The summed E-state index contributed by atoms with van der Waals surface area (Å²) < 4.78 is 0. The number of hydrogen-bond donors (Lipinski definition) is 1. The van der Waals surface area contributed by atoms with Crippen molar-refractivity contribution < 1.29 is 5.11 Å². The van der Waals surface area contributed by atoms with Gasteiger partial charge in [-0.25, -0.2) is 0 Å². The molecule has 4 atom stereocenters. The molecule has 0 spiro atoms. The van der Waals surface area contributed by atoms with E-state index in [9.17, 15) is 5.11 Å². The van der Waals surface area contributed by atoms with Gasteiger partial charge in [-0.05, 0) is 43.4 Å². The second-order valence-electron chi connectivity index (χ2n) is 4.63. The van der Waals surface area contributed by atoms with E-state index in [0.29, 0.717) is 11.8 Å². The van der Waals surface area contributed by atoms with E-state index in [1.807, 2.05) is 0 Å². The highest BCUT2D eigenvalue weighted by atomic mass is 16.3. The van der Waals surface area contributed by atoms with Gasteiger partial charge in [-0.15, -0.1) is 0 Å². The van der Waals surface area contributed by atoms with Crippen LogP contribution in [0.5, 0.6) is 0 Å². The van der Waals surface area contributed by atoms with Crippen LogP contribution in [-0.2, 0) is 0 Å². The van der Waals surface area contributed by atoms with Gasteiger partial charge in [0.15, 0.2) is 0 Å². The number of aliphatic hydroxyl groups is 1. The number of unbranched alkanes of at least 4 members (excludes halogenated alkanes) is 1. The van der Waals surface area contributed by atoms with Gasteiger partial charge in [0.25, 0.3) is 0 Å². The summed E-state index contributed by atoms with van der Waals surface area (Å²) in [6.07, 6.45) is 7.96. The molecular formula is C11H20O. The Labute approximate surface area is 75.2 Å². The third kappa shape index (κ3) is 1.28.